The minimum Gasteiger partial charge on any atom is -0.279 e. The first kappa shape index (κ1) is 20.9. The highest BCUT2D eigenvalue weighted by Crippen LogP contribution is 2.29. The van der Waals surface area contributed by atoms with E-state index in [-0.39, 0.29) is 14.8 Å². The number of sulfonamides is 2. The van der Waals surface area contributed by atoms with E-state index >= 15 is 0 Å². The number of anilines is 1. The van der Waals surface area contributed by atoms with Crippen LogP contribution in [-0.2, 0) is 20.0 Å². The molecule has 144 valence electrons. The van der Waals surface area contributed by atoms with Crippen LogP contribution in [-0.4, -0.2) is 34.2 Å². The molecule has 1 aromatic heterocycles. The van der Waals surface area contributed by atoms with E-state index in [4.69, 9.17) is 0 Å². The predicted octanol–water partition coefficient (Wildman–Crippen LogP) is 3.50. The van der Waals surface area contributed by atoms with Gasteiger partial charge in [-0.2, -0.15) is 4.31 Å². The molecule has 0 fully saturated rings. The molecule has 0 saturated carbocycles. The van der Waals surface area contributed by atoms with E-state index in [2.05, 4.69) is 4.72 Å². The smallest absolute Gasteiger partial charge is 0.271 e. The van der Waals surface area contributed by atoms with Gasteiger partial charge >= 0.3 is 0 Å². The first-order chi connectivity index (χ1) is 12.0. The molecule has 0 aliphatic heterocycles. The Morgan fingerprint density at radius 1 is 1.00 bits per heavy atom. The van der Waals surface area contributed by atoms with Gasteiger partial charge in [-0.25, -0.2) is 16.8 Å². The van der Waals surface area contributed by atoms with E-state index in [1.165, 1.54) is 21.7 Å². The van der Waals surface area contributed by atoms with Crippen LogP contribution in [0.5, 0.6) is 0 Å². The predicted molar refractivity (Wildman–Crippen MR) is 106 cm³/mol. The summed E-state index contributed by atoms with van der Waals surface area (Å²) in [5, 5.41) is 0. The molecule has 1 heterocycles. The molecule has 0 radical (unpaired) electrons. The molecule has 2 rings (SSSR count). The van der Waals surface area contributed by atoms with Gasteiger partial charge in [0.2, 0.25) is 10.0 Å². The maximum Gasteiger partial charge on any atom is 0.271 e. The third kappa shape index (κ3) is 4.11. The van der Waals surface area contributed by atoms with Crippen LogP contribution in [0, 0.1) is 20.8 Å². The van der Waals surface area contributed by atoms with Crippen molar-refractivity contribution in [3.63, 3.8) is 0 Å². The second-order valence-corrected chi connectivity index (χ2v) is 11.1. The van der Waals surface area contributed by atoms with Crippen molar-refractivity contribution in [1.29, 1.82) is 0 Å². The van der Waals surface area contributed by atoms with Gasteiger partial charge in [-0.3, -0.25) is 4.72 Å². The summed E-state index contributed by atoms with van der Waals surface area (Å²) in [5.74, 6) is 0. The Balaban J connectivity index is 2.52. The minimum atomic E-state index is -3.77. The standard InChI is InChI=1S/C17H24N2O4S3/c1-6-19(7-2)26(22,23)15-10-12(3)14(5)16(11-15)18-25(20,21)17-9-8-13(4)24-17/h8-11,18H,6-7H2,1-5H3. The van der Waals surface area contributed by atoms with Gasteiger partial charge in [0, 0.05) is 18.0 Å². The van der Waals surface area contributed by atoms with Gasteiger partial charge in [0.25, 0.3) is 10.0 Å². The lowest BCUT2D eigenvalue weighted by molar-refractivity contribution is 0.445. The summed E-state index contributed by atoms with van der Waals surface area (Å²) in [6.45, 7) is 9.60. The molecule has 1 aromatic carbocycles. The van der Waals surface area contributed by atoms with Gasteiger partial charge in [-0.1, -0.05) is 13.8 Å². The maximum atomic E-state index is 12.8. The fourth-order valence-electron chi connectivity index (χ4n) is 2.55. The molecular weight excluding hydrogens is 392 g/mol. The molecule has 0 saturated heterocycles. The van der Waals surface area contributed by atoms with E-state index in [1.54, 1.807) is 45.9 Å². The van der Waals surface area contributed by atoms with Crippen LogP contribution in [0.4, 0.5) is 5.69 Å². The summed E-state index contributed by atoms with van der Waals surface area (Å²) in [4.78, 5) is 0.973. The van der Waals surface area contributed by atoms with Crippen LogP contribution in [0.2, 0.25) is 0 Å². The zero-order valence-electron chi connectivity index (χ0n) is 15.5. The van der Waals surface area contributed by atoms with Crippen LogP contribution in [0.25, 0.3) is 0 Å². The summed E-state index contributed by atoms with van der Waals surface area (Å²) in [6.07, 6.45) is 0. The van der Waals surface area contributed by atoms with Crippen molar-refractivity contribution in [2.75, 3.05) is 17.8 Å². The van der Waals surface area contributed by atoms with Gasteiger partial charge in [0.15, 0.2) is 0 Å². The normalized spacial score (nSPS) is 12.5. The third-order valence-corrected chi connectivity index (χ3v) is 9.09. The molecule has 26 heavy (non-hydrogen) atoms. The van der Waals surface area contributed by atoms with Gasteiger partial charge in [-0.15, -0.1) is 11.3 Å². The molecule has 6 nitrogen and oxygen atoms in total. The van der Waals surface area contributed by atoms with Gasteiger partial charge < -0.3 is 0 Å². The number of hydrogen-bond donors (Lipinski definition) is 1. The van der Waals surface area contributed by atoms with E-state index in [9.17, 15) is 16.8 Å². The van der Waals surface area contributed by atoms with Crippen molar-refractivity contribution in [3.8, 4) is 0 Å². The average Bonchev–Trinajstić information content (AvgIpc) is 2.99. The summed E-state index contributed by atoms with van der Waals surface area (Å²) in [7, 11) is -7.44. The maximum absolute atomic E-state index is 12.8. The van der Waals surface area contributed by atoms with E-state index < -0.39 is 20.0 Å². The number of benzene rings is 1. The molecule has 0 unspecified atom stereocenters. The molecule has 0 atom stereocenters. The lowest BCUT2D eigenvalue weighted by Gasteiger charge is -2.20. The lowest BCUT2D eigenvalue weighted by atomic mass is 10.1. The fourth-order valence-corrected chi connectivity index (χ4v) is 6.51. The molecule has 0 aliphatic carbocycles. The Morgan fingerprint density at radius 3 is 2.12 bits per heavy atom. The molecule has 0 aliphatic rings. The topological polar surface area (TPSA) is 83.6 Å². The fraction of sp³-hybridized carbons (Fsp3) is 0.412. The number of rotatable bonds is 7. The molecule has 9 heteroatoms. The van der Waals surface area contributed by atoms with E-state index in [0.717, 1.165) is 4.88 Å². The zero-order chi connectivity index (χ0) is 19.7. The largest absolute Gasteiger partial charge is 0.279 e. The average molecular weight is 417 g/mol. The number of nitrogens with zero attached hydrogens (tertiary/aromatic N) is 1. The highest BCUT2D eigenvalue weighted by Gasteiger charge is 2.25. The number of thiophene rings is 1. The Hall–Kier alpha value is -1.42. The Morgan fingerprint density at radius 2 is 1.62 bits per heavy atom. The van der Waals surface area contributed by atoms with Crippen molar-refractivity contribution >= 4 is 37.1 Å². The van der Waals surface area contributed by atoms with Gasteiger partial charge in [0.1, 0.15) is 4.21 Å². The van der Waals surface area contributed by atoms with Crippen molar-refractivity contribution in [3.05, 3.63) is 40.3 Å². The monoisotopic (exact) mass is 416 g/mol. The SMILES string of the molecule is CCN(CC)S(=O)(=O)c1cc(C)c(C)c(NS(=O)(=O)c2ccc(C)s2)c1. The third-order valence-electron chi connectivity index (χ3n) is 4.21. The van der Waals surface area contributed by atoms with Crippen molar-refractivity contribution in [1.82, 2.24) is 4.31 Å². The first-order valence-corrected chi connectivity index (χ1v) is 12.0. The van der Waals surface area contributed by atoms with Crippen molar-refractivity contribution in [2.24, 2.45) is 0 Å². The molecule has 0 amide bonds. The quantitative estimate of drug-likeness (QED) is 0.749. The second kappa shape index (κ2) is 7.67. The summed E-state index contributed by atoms with van der Waals surface area (Å²) in [6, 6.07) is 6.25. The highest BCUT2D eigenvalue weighted by atomic mass is 32.2. The number of nitrogens with one attached hydrogen (secondary N) is 1. The number of aryl methyl sites for hydroxylation is 2. The molecule has 0 bridgehead atoms. The summed E-state index contributed by atoms with van der Waals surface area (Å²) >= 11 is 1.17. The molecule has 0 spiro atoms. The van der Waals surface area contributed by atoms with Crippen molar-refractivity contribution in [2.45, 2.75) is 43.7 Å². The summed E-state index contributed by atoms with van der Waals surface area (Å²) < 4.78 is 54.9. The molecular formula is C17H24N2O4S3. The van der Waals surface area contributed by atoms with Crippen LogP contribution in [0.3, 0.4) is 0 Å². The molecule has 1 N–H and O–H groups in total. The lowest BCUT2D eigenvalue weighted by Crippen LogP contribution is -2.30. The Bertz CT molecular complexity index is 1000. The van der Waals surface area contributed by atoms with Crippen LogP contribution in [0.1, 0.15) is 29.9 Å². The minimum absolute atomic E-state index is 0.0874. The molecule has 2 aromatic rings. The van der Waals surface area contributed by atoms with Gasteiger partial charge in [-0.05, 0) is 56.2 Å². The Kier molecular flexibility index (Phi) is 6.17. The highest BCUT2D eigenvalue weighted by molar-refractivity contribution is 7.94. The van der Waals surface area contributed by atoms with E-state index in [0.29, 0.717) is 24.2 Å². The van der Waals surface area contributed by atoms with Crippen LogP contribution in [0.15, 0.2) is 33.4 Å². The Labute approximate surface area is 160 Å². The van der Waals surface area contributed by atoms with Gasteiger partial charge in [0.05, 0.1) is 10.6 Å². The van der Waals surface area contributed by atoms with E-state index in [1.807, 2.05) is 6.92 Å². The first-order valence-electron chi connectivity index (χ1n) is 8.23. The second-order valence-electron chi connectivity index (χ2n) is 5.97. The summed E-state index contributed by atoms with van der Waals surface area (Å²) in [5.41, 5.74) is 1.68. The van der Waals surface area contributed by atoms with Crippen LogP contribution < -0.4 is 4.72 Å². The number of hydrogen-bond acceptors (Lipinski definition) is 5. The van der Waals surface area contributed by atoms with Crippen molar-refractivity contribution < 1.29 is 16.8 Å². The zero-order valence-corrected chi connectivity index (χ0v) is 18.0. The van der Waals surface area contributed by atoms with Crippen LogP contribution >= 0.6 is 11.3 Å².